The minimum atomic E-state index is -0.277. The lowest BCUT2D eigenvalue weighted by Gasteiger charge is -2.09. The summed E-state index contributed by atoms with van der Waals surface area (Å²) >= 11 is 0. The molecule has 0 bridgehead atoms. The summed E-state index contributed by atoms with van der Waals surface area (Å²) in [6.07, 6.45) is 4.43. The lowest BCUT2D eigenvalue weighted by molar-refractivity contribution is -0.124. The molecule has 0 saturated carbocycles. The van der Waals surface area contributed by atoms with Crippen LogP contribution < -0.4 is 15.4 Å². The number of aromatic nitrogens is 2. The Labute approximate surface area is 169 Å². The second-order valence-electron chi connectivity index (χ2n) is 6.59. The number of benzene rings is 2. The Morgan fingerprint density at radius 3 is 2.62 bits per heavy atom. The van der Waals surface area contributed by atoms with Gasteiger partial charge >= 0.3 is 0 Å². The standard InChI is InChI=1S/C22H24N4O3/c1-17-5-2-6-20(15-17)29-14-3-7-21(27)23-16-22(28)25-18-8-10-19(11-9-18)26-13-4-12-24-26/h2,4-6,8-13,15H,3,7,14,16H2,1H3,(H,23,27)(H,25,28). The molecule has 0 fully saturated rings. The molecule has 29 heavy (non-hydrogen) atoms. The number of amides is 2. The van der Waals surface area contributed by atoms with E-state index in [0.29, 0.717) is 25.1 Å². The van der Waals surface area contributed by atoms with Crippen LogP contribution in [0.25, 0.3) is 5.69 Å². The Hall–Kier alpha value is -3.61. The summed E-state index contributed by atoms with van der Waals surface area (Å²) in [7, 11) is 0. The average Bonchev–Trinajstić information content (AvgIpc) is 3.25. The van der Waals surface area contributed by atoms with Gasteiger partial charge in [-0.25, -0.2) is 4.68 Å². The number of ether oxygens (including phenoxy) is 1. The third-order valence-electron chi connectivity index (χ3n) is 4.17. The Bertz CT molecular complexity index is 937. The smallest absolute Gasteiger partial charge is 0.243 e. The van der Waals surface area contributed by atoms with Crippen LogP contribution in [0.4, 0.5) is 5.69 Å². The Morgan fingerprint density at radius 2 is 1.90 bits per heavy atom. The van der Waals surface area contributed by atoms with Gasteiger partial charge in [0.05, 0.1) is 18.8 Å². The molecule has 7 heteroatoms. The number of carbonyl (C=O) groups excluding carboxylic acids is 2. The Balaban J connectivity index is 1.33. The number of carbonyl (C=O) groups is 2. The molecule has 0 spiro atoms. The van der Waals surface area contributed by atoms with Gasteiger partial charge in [-0.1, -0.05) is 12.1 Å². The Morgan fingerprint density at radius 1 is 1.07 bits per heavy atom. The fourth-order valence-corrected chi connectivity index (χ4v) is 2.72. The molecule has 0 aliphatic rings. The number of aryl methyl sites for hydroxylation is 1. The third-order valence-corrected chi connectivity index (χ3v) is 4.17. The highest BCUT2D eigenvalue weighted by Gasteiger charge is 2.07. The summed E-state index contributed by atoms with van der Waals surface area (Å²) in [5.74, 6) is 0.339. The molecule has 0 atom stereocenters. The van der Waals surface area contributed by atoms with Crippen molar-refractivity contribution in [3.05, 3.63) is 72.6 Å². The molecular weight excluding hydrogens is 368 g/mol. The molecule has 0 radical (unpaired) electrons. The second kappa shape index (κ2) is 10.1. The molecule has 2 amide bonds. The van der Waals surface area contributed by atoms with Crippen LogP contribution >= 0.6 is 0 Å². The van der Waals surface area contributed by atoms with Crippen molar-refractivity contribution < 1.29 is 14.3 Å². The van der Waals surface area contributed by atoms with Gasteiger partial charge in [0.25, 0.3) is 0 Å². The van der Waals surface area contributed by atoms with E-state index in [0.717, 1.165) is 17.0 Å². The second-order valence-corrected chi connectivity index (χ2v) is 6.59. The van der Waals surface area contributed by atoms with Crippen molar-refractivity contribution >= 4 is 17.5 Å². The zero-order valence-electron chi connectivity index (χ0n) is 16.3. The predicted molar refractivity (Wildman–Crippen MR) is 111 cm³/mol. The molecule has 3 rings (SSSR count). The van der Waals surface area contributed by atoms with Crippen molar-refractivity contribution in [2.75, 3.05) is 18.5 Å². The van der Waals surface area contributed by atoms with Crippen molar-refractivity contribution in [1.82, 2.24) is 15.1 Å². The minimum absolute atomic E-state index is 0.0710. The molecule has 0 unspecified atom stereocenters. The van der Waals surface area contributed by atoms with Gasteiger partial charge < -0.3 is 15.4 Å². The van der Waals surface area contributed by atoms with E-state index >= 15 is 0 Å². The monoisotopic (exact) mass is 392 g/mol. The lowest BCUT2D eigenvalue weighted by atomic mass is 10.2. The zero-order chi connectivity index (χ0) is 20.5. The molecular formula is C22H24N4O3. The van der Waals surface area contributed by atoms with Gasteiger partial charge in [-0.3, -0.25) is 9.59 Å². The normalized spacial score (nSPS) is 10.4. The van der Waals surface area contributed by atoms with Crippen molar-refractivity contribution in [1.29, 1.82) is 0 Å². The fourth-order valence-electron chi connectivity index (χ4n) is 2.72. The summed E-state index contributed by atoms with van der Waals surface area (Å²) in [6, 6.07) is 16.9. The van der Waals surface area contributed by atoms with E-state index in [-0.39, 0.29) is 18.4 Å². The van der Waals surface area contributed by atoms with Crippen LogP contribution in [0, 0.1) is 6.92 Å². The van der Waals surface area contributed by atoms with Gasteiger partial charge in [0.2, 0.25) is 11.8 Å². The first-order valence-corrected chi connectivity index (χ1v) is 9.46. The first-order valence-electron chi connectivity index (χ1n) is 9.46. The first-order chi connectivity index (χ1) is 14.1. The topological polar surface area (TPSA) is 85.2 Å². The van der Waals surface area contributed by atoms with Crippen molar-refractivity contribution in [3.8, 4) is 11.4 Å². The van der Waals surface area contributed by atoms with Crippen molar-refractivity contribution in [2.24, 2.45) is 0 Å². The van der Waals surface area contributed by atoms with Crippen LogP contribution in [0.1, 0.15) is 18.4 Å². The highest BCUT2D eigenvalue weighted by Crippen LogP contribution is 2.13. The van der Waals surface area contributed by atoms with Crippen LogP contribution in [0.5, 0.6) is 5.75 Å². The van der Waals surface area contributed by atoms with Gasteiger partial charge in [-0.05, 0) is 61.4 Å². The van der Waals surface area contributed by atoms with Crippen molar-refractivity contribution in [2.45, 2.75) is 19.8 Å². The summed E-state index contributed by atoms with van der Waals surface area (Å²) < 4.78 is 7.34. The lowest BCUT2D eigenvalue weighted by Crippen LogP contribution is -2.32. The summed E-state index contributed by atoms with van der Waals surface area (Å²) in [5, 5.41) is 9.53. The third kappa shape index (κ3) is 6.49. The molecule has 7 nitrogen and oxygen atoms in total. The van der Waals surface area contributed by atoms with E-state index in [2.05, 4.69) is 15.7 Å². The number of anilines is 1. The summed E-state index contributed by atoms with van der Waals surface area (Å²) in [5.41, 5.74) is 2.68. The molecule has 3 aromatic rings. The predicted octanol–water partition coefficient (Wildman–Crippen LogP) is 3.09. The van der Waals surface area contributed by atoms with Gasteiger partial charge in [0, 0.05) is 24.5 Å². The van der Waals surface area contributed by atoms with Crippen LogP contribution in [0.3, 0.4) is 0 Å². The fraction of sp³-hybridized carbons (Fsp3) is 0.227. The first kappa shape index (κ1) is 20.1. The highest BCUT2D eigenvalue weighted by atomic mass is 16.5. The van der Waals surface area contributed by atoms with Gasteiger partial charge in [0.1, 0.15) is 5.75 Å². The molecule has 0 aliphatic carbocycles. The van der Waals surface area contributed by atoms with Crippen LogP contribution in [-0.2, 0) is 9.59 Å². The summed E-state index contributed by atoms with van der Waals surface area (Å²) in [6.45, 7) is 2.38. The van der Waals surface area contributed by atoms with E-state index < -0.39 is 0 Å². The maximum Gasteiger partial charge on any atom is 0.243 e. The van der Waals surface area contributed by atoms with Crippen LogP contribution in [0.2, 0.25) is 0 Å². The van der Waals surface area contributed by atoms with E-state index in [9.17, 15) is 9.59 Å². The average molecular weight is 392 g/mol. The SMILES string of the molecule is Cc1cccc(OCCCC(=O)NCC(=O)Nc2ccc(-n3cccn3)cc2)c1. The van der Waals surface area contributed by atoms with E-state index in [1.165, 1.54) is 0 Å². The number of rotatable bonds is 9. The number of nitrogens with zero attached hydrogens (tertiary/aromatic N) is 2. The Kier molecular flexibility index (Phi) is 7.00. The molecule has 2 N–H and O–H groups in total. The van der Waals surface area contributed by atoms with E-state index in [1.54, 1.807) is 23.0 Å². The van der Waals surface area contributed by atoms with Crippen LogP contribution in [0.15, 0.2) is 67.0 Å². The largest absolute Gasteiger partial charge is 0.494 e. The molecule has 150 valence electrons. The van der Waals surface area contributed by atoms with E-state index in [4.69, 9.17) is 4.74 Å². The minimum Gasteiger partial charge on any atom is -0.494 e. The highest BCUT2D eigenvalue weighted by molar-refractivity contribution is 5.94. The maximum atomic E-state index is 12.0. The summed E-state index contributed by atoms with van der Waals surface area (Å²) in [4.78, 5) is 23.9. The molecule has 0 aliphatic heterocycles. The zero-order valence-corrected chi connectivity index (χ0v) is 16.3. The van der Waals surface area contributed by atoms with Gasteiger partial charge in [-0.15, -0.1) is 0 Å². The number of nitrogens with one attached hydrogen (secondary N) is 2. The van der Waals surface area contributed by atoms with E-state index in [1.807, 2.05) is 55.6 Å². The number of hydrogen-bond donors (Lipinski definition) is 2. The quantitative estimate of drug-likeness (QED) is 0.548. The number of hydrogen-bond acceptors (Lipinski definition) is 4. The molecule has 1 aromatic heterocycles. The van der Waals surface area contributed by atoms with Crippen molar-refractivity contribution in [3.63, 3.8) is 0 Å². The molecule has 2 aromatic carbocycles. The molecule has 0 saturated heterocycles. The maximum absolute atomic E-state index is 12.0. The van der Waals surface area contributed by atoms with Gasteiger partial charge in [0.15, 0.2) is 0 Å². The van der Waals surface area contributed by atoms with Crippen LogP contribution in [-0.4, -0.2) is 34.7 Å². The molecule has 1 heterocycles. The van der Waals surface area contributed by atoms with Gasteiger partial charge in [-0.2, -0.15) is 5.10 Å².